The van der Waals surface area contributed by atoms with E-state index in [1.807, 2.05) is 44.2 Å². The van der Waals surface area contributed by atoms with Gasteiger partial charge in [0.15, 0.2) is 0 Å². The lowest BCUT2D eigenvalue weighted by Gasteiger charge is -2.40. The molecule has 0 heterocycles. The summed E-state index contributed by atoms with van der Waals surface area (Å²) in [5.41, 5.74) is 1.86. The second-order valence-electron chi connectivity index (χ2n) is 6.94. The molecule has 0 unspecified atom stereocenters. The van der Waals surface area contributed by atoms with Crippen LogP contribution in [0.3, 0.4) is 0 Å². The highest BCUT2D eigenvalue weighted by Crippen LogP contribution is 2.37. The molecule has 1 aliphatic carbocycles. The van der Waals surface area contributed by atoms with E-state index in [9.17, 15) is 13.5 Å². The quantitative estimate of drug-likeness (QED) is 0.810. The molecule has 0 amide bonds. The first kappa shape index (κ1) is 18.6. The van der Waals surface area contributed by atoms with E-state index in [2.05, 4.69) is 9.93 Å². The number of aryl methyl sites for hydroxylation is 1. The van der Waals surface area contributed by atoms with Crippen LogP contribution in [-0.2, 0) is 15.4 Å². The van der Waals surface area contributed by atoms with E-state index in [4.69, 9.17) is 0 Å². The summed E-state index contributed by atoms with van der Waals surface area (Å²) < 4.78 is 25.1. The molecule has 2 aromatic carbocycles. The van der Waals surface area contributed by atoms with Crippen molar-refractivity contribution in [1.82, 2.24) is 4.83 Å². The molecular weight excluding hydrogens is 348 g/mol. The third kappa shape index (κ3) is 3.52. The summed E-state index contributed by atoms with van der Waals surface area (Å²) in [7, 11) is -3.75. The van der Waals surface area contributed by atoms with E-state index in [1.54, 1.807) is 24.3 Å². The maximum absolute atomic E-state index is 12.5. The molecule has 2 N–H and O–H groups in total. The van der Waals surface area contributed by atoms with Crippen LogP contribution >= 0.6 is 0 Å². The van der Waals surface area contributed by atoms with Gasteiger partial charge in [-0.15, -0.1) is 0 Å². The Morgan fingerprint density at radius 2 is 1.77 bits per heavy atom. The molecule has 6 heteroatoms. The largest absolute Gasteiger partial charge is 0.392 e. The van der Waals surface area contributed by atoms with Crippen LogP contribution in [0.2, 0.25) is 0 Å². The van der Waals surface area contributed by atoms with Gasteiger partial charge in [0.05, 0.1) is 22.1 Å². The predicted molar refractivity (Wildman–Crippen MR) is 103 cm³/mol. The minimum Gasteiger partial charge on any atom is -0.392 e. The molecule has 0 saturated heterocycles. The molecule has 0 aliphatic heterocycles. The number of rotatable bonds is 4. The van der Waals surface area contributed by atoms with Crippen LogP contribution in [0.1, 0.15) is 37.3 Å². The highest BCUT2D eigenvalue weighted by atomic mass is 32.2. The molecule has 3 rings (SSSR count). The van der Waals surface area contributed by atoms with Gasteiger partial charge in [-0.1, -0.05) is 48.0 Å². The van der Waals surface area contributed by atoms with Gasteiger partial charge in [-0.25, -0.2) is 4.83 Å². The summed E-state index contributed by atoms with van der Waals surface area (Å²) in [6.07, 6.45) is 1.46. The highest BCUT2D eigenvalue weighted by molar-refractivity contribution is 7.89. The van der Waals surface area contributed by atoms with Crippen LogP contribution in [-0.4, -0.2) is 25.3 Å². The average molecular weight is 372 g/mol. The number of aliphatic hydroxyl groups is 1. The first-order valence-corrected chi connectivity index (χ1v) is 10.2. The van der Waals surface area contributed by atoms with Gasteiger partial charge in [0.25, 0.3) is 10.0 Å². The van der Waals surface area contributed by atoms with Gasteiger partial charge in [0, 0.05) is 0 Å². The van der Waals surface area contributed by atoms with Crippen LogP contribution < -0.4 is 4.83 Å². The van der Waals surface area contributed by atoms with Crippen LogP contribution in [0.4, 0.5) is 0 Å². The lowest BCUT2D eigenvalue weighted by atomic mass is 9.67. The number of aliphatic hydroxyl groups excluding tert-OH is 1. The maximum Gasteiger partial charge on any atom is 0.276 e. The summed E-state index contributed by atoms with van der Waals surface area (Å²) in [6, 6.07) is 16.2. The molecule has 0 aromatic heterocycles. The van der Waals surface area contributed by atoms with E-state index < -0.39 is 21.5 Å². The van der Waals surface area contributed by atoms with Crippen molar-refractivity contribution >= 4 is 15.7 Å². The Morgan fingerprint density at radius 1 is 1.12 bits per heavy atom. The first-order chi connectivity index (χ1) is 12.3. The predicted octanol–water partition coefficient (Wildman–Crippen LogP) is 3.13. The van der Waals surface area contributed by atoms with Crippen molar-refractivity contribution in [2.45, 2.75) is 49.5 Å². The van der Waals surface area contributed by atoms with Gasteiger partial charge in [-0.3, -0.25) is 0 Å². The summed E-state index contributed by atoms with van der Waals surface area (Å²) in [5, 5.41) is 14.9. The Bertz CT molecular complexity index is 892. The lowest BCUT2D eigenvalue weighted by Crippen LogP contribution is -2.48. The summed E-state index contributed by atoms with van der Waals surface area (Å²) in [5.74, 6) is 0. The second kappa shape index (κ2) is 7.21. The fraction of sp³-hybridized carbons (Fsp3) is 0.350. The zero-order valence-electron chi connectivity index (χ0n) is 15.0. The molecule has 1 fully saturated rings. The normalized spacial score (nSPS) is 25.2. The Morgan fingerprint density at radius 3 is 2.42 bits per heavy atom. The molecule has 0 bridgehead atoms. The van der Waals surface area contributed by atoms with Gasteiger partial charge < -0.3 is 5.11 Å². The Balaban J connectivity index is 1.94. The van der Waals surface area contributed by atoms with Gasteiger partial charge in [-0.05, 0) is 50.8 Å². The topological polar surface area (TPSA) is 78.8 Å². The zero-order valence-corrected chi connectivity index (χ0v) is 15.8. The molecule has 2 atom stereocenters. The van der Waals surface area contributed by atoms with E-state index in [-0.39, 0.29) is 4.90 Å². The van der Waals surface area contributed by atoms with E-state index in [0.717, 1.165) is 17.5 Å². The van der Waals surface area contributed by atoms with Crippen molar-refractivity contribution in [3.8, 4) is 0 Å². The third-order valence-corrected chi connectivity index (χ3v) is 6.39. The lowest BCUT2D eigenvalue weighted by molar-refractivity contribution is 0.103. The van der Waals surface area contributed by atoms with Crippen LogP contribution in [0.25, 0.3) is 0 Å². The first-order valence-electron chi connectivity index (χ1n) is 8.73. The fourth-order valence-corrected chi connectivity index (χ4v) is 4.23. The summed E-state index contributed by atoms with van der Waals surface area (Å²) in [6.45, 7) is 3.82. The minimum absolute atomic E-state index is 0.172. The van der Waals surface area contributed by atoms with Crippen molar-refractivity contribution in [1.29, 1.82) is 0 Å². The highest BCUT2D eigenvalue weighted by Gasteiger charge is 2.42. The maximum atomic E-state index is 12.5. The van der Waals surface area contributed by atoms with Gasteiger partial charge in [0.2, 0.25) is 0 Å². The Kier molecular flexibility index (Phi) is 5.16. The van der Waals surface area contributed by atoms with Crippen molar-refractivity contribution in [3.05, 3.63) is 65.7 Å². The smallest absolute Gasteiger partial charge is 0.276 e. The van der Waals surface area contributed by atoms with Gasteiger partial charge in [0.1, 0.15) is 0 Å². The van der Waals surface area contributed by atoms with Crippen molar-refractivity contribution < 1.29 is 13.5 Å². The fourth-order valence-electron chi connectivity index (χ4n) is 3.40. The van der Waals surface area contributed by atoms with Crippen LogP contribution in [0.5, 0.6) is 0 Å². The number of nitrogens with one attached hydrogen (secondary N) is 1. The number of hydrogen-bond donors (Lipinski definition) is 2. The SMILES string of the molecule is Cc1ccc(S(=O)(=O)N/N=C2\CCC[C@H](O)[C@]2(C)c2ccccc2)cc1. The molecule has 5 nitrogen and oxygen atoms in total. The third-order valence-electron chi connectivity index (χ3n) is 5.16. The van der Waals surface area contributed by atoms with Crippen molar-refractivity contribution in [2.75, 3.05) is 0 Å². The number of sulfonamides is 1. The molecule has 138 valence electrons. The second-order valence-corrected chi connectivity index (χ2v) is 8.60. The monoisotopic (exact) mass is 372 g/mol. The molecule has 0 spiro atoms. The molecule has 1 saturated carbocycles. The van der Waals surface area contributed by atoms with E-state index >= 15 is 0 Å². The van der Waals surface area contributed by atoms with Crippen LogP contribution in [0, 0.1) is 6.92 Å². The van der Waals surface area contributed by atoms with Gasteiger partial charge in [-0.2, -0.15) is 13.5 Å². The van der Waals surface area contributed by atoms with Crippen molar-refractivity contribution in [3.63, 3.8) is 0 Å². The van der Waals surface area contributed by atoms with Crippen LogP contribution in [0.15, 0.2) is 64.6 Å². The number of benzene rings is 2. The Labute approximate surface area is 154 Å². The van der Waals surface area contributed by atoms with E-state index in [1.165, 1.54) is 0 Å². The van der Waals surface area contributed by atoms with Gasteiger partial charge >= 0.3 is 0 Å². The molecular formula is C20H24N2O3S. The van der Waals surface area contributed by atoms with E-state index in [0.29, 0.717) is 18.6 Å². The average Bonchev–Trinajstić information content (AvgIpc) is 2.64. The number of hydrazone groups is 1. The number of nitrogens with zero attached hydrogens (tertiary/aromatic N) is 1. The minimum atomic E-state index is -3.75. The summed E-state index contributed by atoms with van der Waals surface area (Å²) in [4.78, 5) is 2.53. The van der Waals surface area contributed by atoms with Crippen molar-refractivity contribution in [2.24, 2.45) is 5.10 Å². The Hall–Kier alpha value is -2.18. The molecule has 0 radical (unpaired) electrons. The number of hydrogen-bond acceptors (Lipinski definition) is 4. The molecule has 1 aliphatic rings. The standard InChI is InChI=1S/C20H24N2O3S/c1-15-11-13-17(14-12-15)26(24,25)22-21-18-9-6-10-19(23)20(18,2)16-7-4-3-5-8-16/h3-5,7-8,11-14,19,22-23H,6,9-10H2,1-2H3/b21-18+/t19-,20+/m0/s1. The summed E-state index contributed by atoms with van der Waals surface area (Å²) >= 11 is 0. The molecule has 2 aromatic rings. The zero-order chi connectivity index (χ0) is 18.8. The molecule has 26 heavy (non-hydrogen) atoms.